The van der Waals surface area contributed by atoms with E-state index in [0.717, 1.165) is 11.1 Å². The van der Waals surface area contributed by atoms with Crippen molar-refractivity contribution in [2.75, 3.05) is 26.8 Å². The number of ether oxygens (including phenoxy) is 2. The van der Waals surface area contributed by atoms with Gasteiger partial charge in [-0.1, -0.05) is 78.3 Å². The number of amides is 2. The predicted octanol–water partition coefficient (Wildman–Crippen LogP) is 4.17. The van der Waals surface area contributed by atoms with E-state index in [9.17, 15) is 19.2 Å². The fraction of sp³-hybridized carbons (Fsp3) is 0.294. The summed E-state index contributed by atoms with van der Waals surface area (Å²) >= 11 is 6.02. The first-order valence-electron chi connectivity index (χ1n) is 14.3. The first-order chi connectivity index (χ1) is 21.3. The Bertz CT molecular complexity index is 1400. The summed E-state index contributed by atoms with van der Waals surface area (Å²) in [4.78, 5) is 51.6. The Labute approximate surface area is 263 Å². The van der Waals surface area contributed by atoms with Crippen molar-refractivity contribution in [1.82, 2.24) is 10.2 Å². The minimum atomic E-state index is -1.03. The summed E-state index contributed by atoms with van der Waals surface area (Å²) in [6, 6.07) is 22.0. The first kappa shape index (κ1) is 34.0. The number of hydrogen-bond donors (Lipinski definition) is 2. The lowest BCUT2D eigenvalue weighted by atomic mass is 10.0. The zero-order valence-electron chi connectivity index (χ0n) is 24.7. The zero-order valence-corrected chi connectivity index (χ0v) is 25.4. The molecule has 0 aliphatic rings. The molecule has 2 amide bonds. The second-order valence-electron chi connectivity index (χ2n) is 10.1. The Balaban J connectivity index is 1.60. The highest BCUT2D eigenvalue weighted by Gasteiger charge is 2.26. The SMILES string of the molecule is COC(=O)[C@H](CCC(=O)N(C/C=C\COc1cc(Cl)ccc1C=O)CCc1ccccc1)NC(=O)[C@H](N)Cc1ccccc1. The average molecular weight is 620 g/mol. The fourth-order valence-electron chi connectivity index (χ4n) is 4.42. The summed E-state index contributed by atoms with van der Waals surface area (Å²) in [5, 5.41) is 3.11. The molecule has 0 heterocycles. The molecule has 9 nitrogen and oxygen atoms in total. The maximum atomic E-state index is 13.4. The normalized spacial score (nSPS) is 12.2. The molecule has 0 spiro atoms. The van der Waals surface area contributed by atoms with Gasteiger partial charge in [0.25, 0.3) is 0 Å². The summed E-state index contributed by atoms with van der Waals surface area (Å²) in [7, 11) is 1.23. The topological polar surface area (TPSA) is 128 Å². The molecule has 0 aliphatic carbocycles. The summed E-state index contributed by atoms with van der Waals surface area (Å²) < 4.78 is 10.6. The second-order valence-corrected chi connectivity index (χ2v) is 10.5. The van der Waals surface area contributed by atoms with Crippen LogP contribution in [0.25, 0.3) is 0 Å². The van der Waals surface area contributed by atoms with Crippen molar-refractivity contribution in [1.29, 1.82) is 0 Å². The third-order valence-electron chi connectivity index (χ3n) is 6.88. The lowest BCUT2D eigenvalue weighted by Gasteiger charge is -2.23. The highest BCUT2D eigenvalue weighted by molar-refractivity contribution is 6.30. The van der Waals surface area contributed by atoms with Crippen molar-refractivity contribution in [3.8, 4) is 5.75 Å². The molecule has 44 heavy (non-hydrogen) atoms. The van der Waals surface area contributed by atoms with Crippen molar-refractivity contribution in [2.45, 2.75) is 37.8 Å². The number of carbonyl (C=O) groups excluding carboxylic acids is 4. The summed E-state index contributed by atoms with van der Waals surface area (Å²) in [5.41, 5.74) is 8.45. The molecule has 3 aromatic rings. The van der Waals surface area contributed by atoms with Gasteiger partial charge in [-0.15, -0.1) is 0 Å². The number of carbonyl (C=O) groups is 4. The number of rotatable bonds is 17. The van der Waals surface area contributed by atoms with Crippen LogP contribution >= 0.6 is 11.6 Å². The summed E-state index contributed by atoms with van der Waals surface area (Å²) in [6.07, 6.45) is 5.23. The lowest BCUT2D eigenvalue weighted by Crippen LogP contribution is -2.50. The van der Waals surface area contributed by atoms with Crippen LogP contribution in [0.5, 0.6) is 5.75 Å². The maximum absolute atomic E-state index is 13.4. The molecule has 10 heteroatoms. The molecular formula is C34H38ClN3O6. The number of hydrogen-bond acceptors (Lipinski definition) is 7. The van der Waals surface area contributed by atoms with Crippen molar-refractivity contribution in [2.24, 2.45) is 5.73 Å². The Morgan fingerprint density at radius 1 is 0.977 bits per heavy atom. The van der Waals surface area contributed by atoms with E-state index in [1.165, 1.54) is 7.11 Å². The number of esters is 1. The minimum Gasteiger partial charge on any atom is -0.489 e. The van der Waals surface area contributed by atoms with Gasteiger partial charge in [-0.2, -0.15) is 0 Å². The second kappa shape index (κ2) is 18.3. The van der Waals surface area contributed by atoms with Gasteiger partial charge in [0, 0.05) is 24.5 Å². The van der Waals surface area contributed by atoms with Gasteiger partial charge in [-0.3, -0.25) is 14.4 Å². The van der Waals surface area contributed by atoms with Gasteiger partial charge in [0.1, 0.15) is 18.4 Å². The van der Waals surface area contributed by atoms with Crippen molar-refractivity contribution < 1.29 is 28.7 Å². The lowest BCUT2D eigenvalue weighted by molar-refractivity contribution is -0.145. The van der Waals surface area contributed by atoms with Crippen LogP contribution in [0.2, 0.25) is 5.02 Å². The van der Waals surface area contributed by atoms with Crippen LogP contribution in [-0.2, 0) is 32.0 Å². The molecule has 0 fully saturated rings. The van der Waals surface area contributed by atoms with Gasteiger partial charge >= 0.3 is 5.97 Å². The quantitative estimate of drug-likeness (QED) is 0.132. The smallest absolute Gasteiger partial charge is 0.328 e. The fourth-order valence-corrected chi connectivity index (χ4v) is 4.58. The van der Waals surface area contributed by atoms with E-state index in [0.29, 0.717) is 48.6 Å². The van der Waals surface area contributed by atoms with E-state index < -0.39 is 24.0 Å². The Hall–Kier alpha value is -4.47. The van der Waals surface area contributed by atoms with Crippen LogP contribution in [0.4, 0.5) is 0 Å². The molecule has 3 aromatic carbocycles. The third kappa shape index (κ3) is 11.3. The van der Waals surface area contributed by atoms with Crippen LogP contribution in [-0.4, -0.2) is 67.9 Å². The van der Waals surface area contributed by atoms with Crippen LogP contribution in [0.1, 0.15) is 34.3 Å². The van der Waals surface area contributed by atoms with Crippen LogP contribution in [0, 0.1) is 0 Å². The largest absolute Gasteiger partial charge is 0.489 e. The Kier molecular flexibility index (Phi) is 14.1. The van der Waals surface area contributed by atoms with Crippen molar-refractivity contribution in [3.05, 3.63) is 113 Å². The highest BCUT2D eigenvalue weighted by atomic mass is 35.5. The molecule has 0 saturated carbocycles. The average Bonchev–Trinajstić information content (AvgIpc) is 3.04. The number of nitrogens with zero attached hydrogens (tertiary/aromatic N) is 1. The predicted molar refractivity (Wildman–Crippen MR) is 170 cm³/mol. The Morgan fingerprint density at radius 2 is 1.66 bits per heavy atom. The zero-order chi connectivity index (χ0) is 31.7. The Morgan fingerprint density at radius 3 is 2.32 bits per heavy atom. The summed E-state index contributed by atoms with van der Waals surface area (Å²) in [6.45, 7) is 0.902. The van der Waals surface area contributed by atoms with E-state index in [1.54, 1.807) is 35.3 Å². The molecule has 2 atom stereocenters. The third-order valence-corrected chi connectivity index (χ3v) is 7.12. The van der Waals surface area contributed by atoms with Gasteiger partial charge in [0.05, 0.1) is 18.7 Å². The molecule has 3 N–H and O–H groups in total. The maximum Gasteiger partial charge on any atom is 0.328 e. The van der Waals surface area contributed by atoms with Gasteiger partial charge in [-0.05, 0) is 54.7 Å². The van der Waals surface area contributed by atoms with Crippen LogP contribution in [0.15, 0.2) is 91.0 Å². The molecule has 232 valence electrons. The van der Waals surface area contributed by atoms with Crippen molar-refractivity contribution in [3.63, 3.8) is 0 Å². The van der Waals surface area contributed by atoms with Gasteiger partial charge in [-0.25, -0.2) is 4.79 Å². The van der Waals surface area contributed by atoms with E-state index >= 15 is 0 Å². The molecular weight excluding hydrogens is 582 g/mol. The van der Waals surface area contributed by atoms with E-state index in [2.05, 4.69) is 5.32 Å². The number of halogens is 1. The van der Waals surface area contributed by atoms with Gasteiger partial charge < -0.3 is 25.4 Å². The standard InChI is InChI=1S/C34H38ClN3O6/c1-43-34(42)30(37-33(41)29(36)22-26-12-6-3-7-13-26)16-17-32(40)38(20-18-25-10-4-2-5-11-25)19-8-9-21-44-31-23-28(35)15-14-27(31)24-39/h2-15,23-24,29-30H,16-22,36H2,1H3,(H,37,41)/b9-8-/t29-,30+/m1/s1. The highest BCUT2D eigenvalue weighted by Crippen LogP contribution is 2.22. The molecule has 0 unspecified atom stereocenters. The monoisotopic (exact) mass is 619 g/mol. The van der Waals surface area contributed by atoms with Crippen molar-refractivity contribution >= 4 is 35.7 Å². The first-order valence-corrected chi connectivity index (χ1v) is 14.7. The van der Waals surface area contributed by atoms with E-state index in [-0.39, 0.29) is 25.4 Å². The number of nitrogens with two attached hydrogens (primary N) is 1. The molecule has 0 saturated heterocycles. The molecule has 0 aromatic heterocycles. The van der Waals surface area contributed by atoms with Gasteiger partial charge in [0.2, 0.25) is 11.8 Å². The van der Waals surface area contributed by atoms with Gasteiger partial charge in [0.15, 0.2) is 6.29 Å². The molecule has 0 radical (unpaired) electrons. The minimum absolute atomic E-state index is 0.00168. The number of benzene rings is 3. The number of nitrogens with one attached hydrogen (secondary N) is 1. The molecule has 3 rings (SSSR count). The summed E-state index contributed by atoms with van der Waals surface area (Å²) in [5.74, 6) is -0.977. The van der Waals surface area contributed by atoms with E-state index in [4.69, 9.17) is 26.8 Å². The number of methoxy groups -OCH3 is 1. The van der Waals surface area contributed by atoms with Crippen LogP contribution < -0.4 is 15.8 Å². The van der Waals surface area contributed by atoms with E-state index in [1.807, 2.05) is 60.7 Å². The molecule has 0 bridgehead atoms. The molecule has 0 aliphatic heterocycles. The number of aldehydes is 1. The van der Waals surface area contributed by atoms with Crippen LogP contribution in [0.3, 0.4) is 0 Å².